The second-order valence-corrected chi connectivity index (χ2v) is 7.14. The predicted molar refractivity (Wildman–Crippen MR) is 117 cm³/mol. The van der Waals surface area contributed by atoms with Gasteiger partial charge in [0.05, 0.1) is 6.42 Å². The Hall–Kier alpha value is -3.46. The summed E-state index contributed by atoms with van der Waals surface area (Å²) in [7, 11) is 0. The summed E-state index contributed by atoms with van der Waals surface area (Å²) in [5.41, 5.74) is 3.54. The topological polar surface area (TPSA) is 37.4 Å². The molecule has 0 N–H and O–H groups in total. The summed E-state index contributed by atoms with van der Waals surface area (Å²) in [5.74, 6) is -0.381. The number of nitrogens with zero attached hydrogens (tertiary/aromatic N) is 1. The van der Waals surface area contributed by atoms with Gasteiger partial charge in [-0.25, -0.2) is 0 Å². The quantitative estimate of drug-likeness (QED) is 0.394. The van der Waals surface area contributed by atoms with E-state index in [0.29, 0.717) is 5.56 Å². The minimum Gasteiger partial charge on any atom is -0.316 e. The Morgan fingerprint density at radius 3 is 1.55 bits per heavy atom. The van der Waals surface area contributed by atoms with Crippen LogP contribution in [0.1, 0.15) is 41.8 Å². The predicted octanol–water partition coefficient (Wildman–Crippen LogP) is 5.59. The molecule has 0 fully saturated rings. The number of benzene rings is 3. The SMILES string of the molecule is CC(C)N(C=C(c1ccccc1)c1ccccc1)C(=O)CC(=O)c1ccccc1. The lowest BCUT2D eigenvalue weighted by atomic mass is 9.98. The largest absolute Gasteiger partial charge is 0.316 e. The van der Waals surface area contributed by atoms with Gasteiger partial charge in [0.15, 0.2) is 5.78 Å². The third-order valence-corrected chi connectivity index (χ3v) is 4.69. The van der Waals surface area contributed by atoms with Crippen LogP contribution in [0.25, 0.3) is 5.57 Å². The number of ketones is 1. The fourth-order valence-corrected chi connectivity index (χ4v) is 3.15. The van der Waals surface area contributed by atoms with E-state index < -0.39 is 0 Å². The van der Waals surface area contributed by atoms with Crippen LogP contribution in [0.5, 0.6) is 0 Å². The van der Waals surface area contributed by atoms with E-state index in [0.717, 1.165) is 16.7 Å². The van der Waals surface area contributed by atoms with Crippen molar-refractivity contribution in [3.63, 3.8) is 0 Å². The van der Waals surface area contributed by atoms with Gasteiger partial charge in [-0.2, -0.15) is 0 Å². The normalized spacial score (nSPS) is 10.4. The lowest BCUT2D eigenvalue weighted by molar-refractivity contribution is -0.128. The second-order valence-electron chi connectivity index (χ2n) is 7.14. The first-order chi connectivity index (χ1) is 14.1. The van der Waals surface area contributed by atoms with Gasteiger partial charge in [0.2, 0.25) is 5.91 Å². The fraction of sp³-hybridized carbons (Fsp3) is 0.154. The van der Waals surface area contributed by atoms with Crippen LogP contribution in [-0.4, -0.2) is 22.6 Å². The third kappa shape index (κ3) is 5.29. The molecule has 0 atom stereocenters. The average Bonchev–Trinajstić information content (AvgIpc) is 2.76. The van der Waals surface area contributed by atoms with Gasteiger partial charge in [-0.3, -0.25) is 9.59 Å². The van der Waals surface area contributed by atoms with E-state index in [1.54, 1.807) is 29.2 Å². The zero-order valence-electron chi connectivity index (χ0n) is 16.8. The number of carbonyl (C=O) groups excluding carboxylic acids is 2. The molecule has 0 heterocycles. The first kappa shape index (κ1) is 20.3. The molecule has 0 aromatic heterocycles. The summed E-state index contributed by atoms with van der Waals surface area (Å²) in [6.45, 7) is 3.91. The van der Waals surface area contributed by atoms with Crippen LogP contribution in [0.15, 0.2) is 97.2 Å². The van der Waals surface area contributed by atoms with Crippen molar-refractivity contribution >= 4 is 17.3 Å². The van der Waals surface area contributed by atoms with Gasteiger partial charge in [-0.05, 0) is 25.0 Å². The molecule has 0 saturated heterocycles. The molecule has 0 aliphatic carbocycles. The number of amides is 1. The molecule has 146 valence electrons. The molecule has 3 aromatic carbocycles. The van der Waals surface area contributed by atoms with Crippen LogP contribution in [0.4, 0.5) is 0 Å². The Morgan fingerprint density at radius 2 is 1.14 bits per heavy atom. The summed E-state index contributed by atoms with van der Waals surface area (Å²) in [5, 5.41) is 0. The lowest BCUT2D eigenvalue weighted by Crippen LogP contribution is -2.34. The molecule has 29 heavy (non-hydrogen) atoms. The van der Waals surface area contributed by atoms with E-state index in [2.05, 4.69) is 0 Å². The van der Waals surface area contributed by atoms with Crippen molar-refractivity contribution in [1.29, 1.82) is 0 Å². The van der Waals surface area contributed by atoms with Crippen LogP contribution >= 0.6 is 0 Å². The highest BCUT2D eigenvalue weighted by Gasteiger charge is 2.20. The molecule has 0 bridgehead atoms. The molecular formula is C26H25NO2. The van der Waals surface area contributed by atoms with Crippen LogP contribution in [-0.2, 0) is 4.79 Å². The smallest absolute Gasteiger partial charge is 0.234 e. The van der Waals surface area contributed by atoms with E-state index in [-0.39, 0.29) is 24.2 Å². The summed E-state index contributed by atoms with van der Waals surface area (Å²) in [6.07, 6.45) is 1.71. The Labute approximate surface area is 172 Å². The van der Waals surface area contributed by atoms with Crippen molar-refractivity contribution in [3.8, 4) is 0 Å². The number of carbonyl (C=O) groups is 2. The molecule has 0 radical (unpaired) electrons. The van der Waals surface area contributed by atoms with E-state index in [1.165, 1.54) is 0 Å². The lowest BCUT2D eigenvalue weighted by Gasteiger charge is -2.25. The Morgan fingerprint density at radius 1 is 0.724 bits per heavy atom. The van der Waals surface area contributed by atoms with Crippen molar-refractivity contribution in [2.24, 2.45) is 0 Å². The minimum atomic E-state index is -0.210. The fourth-order valence-electron chi connectivity index (χ4n) is 3.15. The zero-order chi connectivity index (χ0) is 20.6. The first-order valence-electron chi connectivity index (χ1n) is 9.78. The van der Waals surface area contributed by atoms with E-state index >= 15 is 0 Å². The van der Waals surface area contributed by atoms with Crippen molar-refractivity contribution in [3.05, 3.63) is 114 Å². The third-order valence-electron chi connectivity index (χ3n) is 4.69. The molecule has 0 spiro atoms. The van der Waals surface area contributed by atoms with Gasteiger partial charge < -0.3 is 4.90 Å². The van der Waals surface area contributed by atoms with Crippen LogP contribution < -0.4 is 0 Å². The molecular weight excluding hydrogens is 358 g/mol. The minimum absolute atomic E-state index is 0.0755. The highest BCUT2D eigenvalue weighted by Crippen LogP contribution is 2.25. The Bertz CT molecular complexity index is 935. The Balaban J connectivity index is 1.94. The summed E-state index contributed by atoms with van der Waals surface area (Å²) >= 11 is 0. The van der Waals surface area contributed by atoms with Gasteiger partial charge in [-0.15, -0.1) is 0 Å². The van der Waals surface area contributed by atoms with E-state index in [9.17, 15) is 9.59 Å². The molecule has 3 rings (SSSR count). The van der Waals surface area contributed by atoms with Gasteiger partial charge in [0, 0.05) is 23.4 Å². The molecule has 0 saturated carbocycles. The van der Waals surface area contributed by atoms with Crippen LogP contribution in [0, 0.1) is 0 Å². The molecule has 0 aliphatic heterocycles. The standard InChI is InChI=1S/C26H25NO2/c1-20(2)27(26(29)18-25(28)23-16-10-5-11-17-23)19-24(21-12-6-3-7-13-21)22-14-8-4-9-15-22/h3-17,19-20H,18H2,1-2H3. The van der Waals surface area contributed by atoms with Gasteiger partial charge >= 0.3 is 0 Å². The molecule has 3 heteroatoms. The monoisotopic (exact) mass is 383 g/mol. The van der Waals surface area contributed by atoms with Crippen LogP contribution in [0.2, 0.25) is 0 Å². The summed E-state index contributed by atoms with van der Waals surface area (Å²) in [6, 6.07) is 28.8. The number of Topliss-reactive ketones (excluding diaryl/α,β-unsaturated/α-hetero) is 1. The maximum absolute atomic E-state index is 13.0. The van der Waals surface area contributed by atoms with Crippen LogP contribution in [0.3, 0.4) is 0 Å². The number of hydrogen-bond donors (Lipinski definition) is 0. The molecule has 0 aliphatic rings. The van der Waals surface area contributed by atoms with E-state index in [1.807, 2.05) is 86.8 Å². The molecule has 3 aromatic rings. The average molecular weight is 383 g/mol. The van der Waals surface area contributed by atoms with Crippen molar-refractivity contribution in [2.45, 2.75) is 26.3 Å². The first-order valence-corrected chi connectivity index (χ1v) is 9.78. The van der Waals surface area contributed by atoms with Crippen molar-refractivity contribution in [2.75, 3.05) is 0 Å². The van der Waals surface area contributed by atoms with Crippen molar-refractivity contribution in [1.82, 2.24) is 4.90 Å². The number of rotatable bonds is 7. The molecule has 3 nitrogen and oxygen atoms in total. The summed E-state index contributed by atoms with van der Waals surface area (Å²) < 4.78 is 0. The zero-order valence-corrected chi connectivity index (χ0v) is 16.8. The highest BCUT2D eigenvalue weighted by atomic mass is 16.2. The van der Waals surface area contributed by atoms with E-state index in [4.69, 9.17) is 0 Å². The van der Waals surface area contributed by atoms with Crippen molar-refractivity contribution < 1.29 is 9.59 Å². The maximum atomic E-state index is 13.0. The van der Waals surface area contributed by atoms with Gasteiger partial charge in [0.1, 0.15) is 0 Å². The van der Waals surface area contributed by atoms with Gasteiger partial charge in [-0.1, -0.05) is 91.0 Å². The van der Waals surface area contributed by atoms with Gasteiger partial charge in [0.25, 0.3) is 0 Å². The molecule has 0 unspecified atom stereocenters. The molecule has 1 amide bonds. The number of hydrogen-bond acceptors (Lipinski definition) is 2. The highest BCUT2D eigenvalue weighted by molar-refractivity contribution is 6.07. The second kappa shape index (κ2) is 9.65. The maximum Gasteiger partial charge on any atom is 0.234 e. The summed E-state index contributed by atoms with van der Waals surface area (Å²) in [4.78, 5) is 27.2. The Kier molecular flexibility index (Phi) is 6.75.